The van der Waals surface area contributed by atoms with Crippen LogP contribution in [0.25, 0.3) is 22.3 Å². The van der Waals surface area contributed by atoms with E-state index in [-0.39, 0.29) is 27.4 Å². The smallest absolute Gasteiger partial charge is 0.264 e. The Labute approximate surface area is 159 Å². The first-order valence-corrected chi connectivity index (χ1v) is 8.90. The molecule has 3 rings (SSSR count). The predicted molar refractivity (Wildman–Crippen MR) is 103 cm³/mol. The lowest BCUT2D eigenvalue weighted by molar-refractivity contribution is 0.153. The van der Waals surface area contributed by atoms with E-state index < -0.39 is 12.0 Å². The highest BCUT2D eigenvalue weighted by molar-refractivity contribution is 7.71. The minimum atomic E-state index is -2.84. The summed E-state index contributed by atoms with van der Waals surface area (Å²) in [6.45, 7) is 3.84. The Hall–Kier alpha value is -2.61. The van der Waals surface area contributed by atoms with Gasteiger partial charge in [0, 0.05) is 17.2 Å². The molecule has 0 aliphatic heterocycles. The normalized spacial score (nSPS) is 12.5. The van der Waals surface area contributed by atoms with E-state index in [2.05, 4.69) is 9.97 Å². The number of aromatic nitrogens is 3. The molecular formula is C19H19F2N3O2S. The molecule has 142 valence electrons. The minimum absolute atomic E-state index is 0.122. The Morgan fingerprint density at radius 1 is 1.33 bits per heavy atom. The first kappa shape index (κ1) is 19.2. The molecule has 8 heteroatoms. The predicted octanol–water partition coefficient (Wildman–Crippen LogP) is 5.04. The lowest BCUT2D eigenvalue weighted by Crippen LogP contribution is -2.19. The molecule has 0 unspecified atom stereocenters. The topological polar surface area (TPSA) is 59.9 Å². The van der Waals surface area contributed by atoms with Crippen LogP contribution in [-0.2, 0) is 0 Å². The summed E-state index contributed by atoms with van der Waals surface area (Å²) in [7, 11) is 1.50. The van der Waals surface area contributed by atoms with Crippen LogP contribution in [0.1, 0.15) is 38.3 Å². The highest BCUT2D eigenvalue weighted by Crippen LogP contribution is 2.34. The third-order valence-corrected chi connectivity index (χ3v) is 4.87. The summed E-state index contributed by atoms with van der Waals surface area (Å²) in [6.07, 6.45) is -2.15. The standard InChI is InChI=1S/C19H19F2N3O2S/c1-4-10(2)24-17-15(18(25)23-19(24)27)12(16(20)21)9-13(22-17)11-7-5-6-8-14(11)26-3/h5-10,16H,4H2,1-3H3,(H,23,25,27)/t10-/m1/s1. The minimum Gasteiger partial charge on any atom is -0.496 e. The van der Waals surface area contributed by atoms with Gasteiger partial charge in [0.1, 0.15) is 11.4 Å². The number of benzene rings is 1. The van der Waals surface area contributed by atoms with Crippen LogP contribution in [0.15, 0.2) is 35.1 Å². The number of aromatic amines is 1. The maximum Gasteiger partial charge on any atom is 0.264 e. The molecule has 2 aromatic heterocycles. The number of H-pyrrole nitrogens is 1. The molecule has 0 bridgehead atoms. The average Bonchev–Trinajstić information content (AvgIpc) is 2.66. The number of hydrogen-bond donors (Lipinski definition) is 1. The number of rotatable bonds is 5. The number of pyridine rings is 1. The molecule has 0 saturated heterocycles. The number of para-hydroxylation sites is 1. The van der Waals surface area contributed by atoms with Crippen LogP contribution in [-0.4, -0.2) is 21.6 Å². The Morgan fingerprint density at radius 2 is 2.04 bits per heavy atom. The van der Waals surface area contributed by atoms with Gasteiger partial charge in [-0.05, 0) is 43.8 Å². The number of methoxy groups -OCH3 is 1. The van der Waals surface area contributed by atoms with Crippen LogP contribution in [0, 0.1) is 4.77 Å². The third kappa shape index (κ3) is 3.37. The Kier molecular flexibility index (Phi) is 5.36. The van der Waals surface area contributed by atoms with Gasteiger partial charge >= 0.3 is 0 Å². The maximum absolute atomic E-state index is 13.8. The number of nitrogens with one attached hydrogen (secondary N) is 1. The summed E-state index contributed by atoms with van der Waals surface area (Å²) >= 11 is 5.28. The lowest BCUT2D eigenvalue weighted by Gasteiger charge is -2.19. The van der Waals surface area contributed by atoms with Gasteiger partial charge in [0.25, 0.3) is 12.0 Å². The van der Waals surface area contributed by atoms with Gasteiger partial charge in [-0.3, -0.25) is 14.3 Å². The second kappa shape index (κ2) is 7.56. The summed E-state index contributed by atoms with van der Waals surface area (Å²) in [4.78, 5) is 19.5. The van der Waals surface area contributed by atoms with Gasteiger partial charge in [-0.25, -0.2) is 13.8 Å². The molecule has 1 aromatic carbocycles. The van der Waals surface area contributed by atoms with Crippen molar-refractivity contribution in [3.63, 3.8) is 0 Å². The maximum atomic E-state index is 13.8. The summed E-state index contributed by atoms with van der Waals surface area (Å²) in [5.74, 6) is 0.503. The van der Waals surface area contributed by atoms with Crippen molar-refractivity contribution in [2.75, 3.05) is 7.11 Å². The van der Waals surface area contributed by atoms with E-state index in [0.29, 0.717) is 23.4 Å². The van der Waals surface area contributed by atoms with Crippen molar-refractivity contribution in [1.82, 2.24) is 14.5 Å². The van der Waals surface area contributed by atoms with Crippen molar-refractivity contribution < 1.29 is 13.5 Å². The molecule has 0 radical (unpaired) electrons. The van der Waals surface area contributed by atoms with E-state index in [1.165, 1.54) is 13.2 Å². The molecule has 27 heavy (non-hydrogen) atoms. The molecule has 1 atom stereocenters. The van der Waals surface area contributed by atoms with Gasteiger partial charge in [-0.1, -0.05) is 19.1 Å². The van der Waals surface area contributed by atoms with E-state index >= 15 is 0 Å². The highest BCUT2D eigenvalue weighted by atomic mass is 32.1. The highest BCUT2D eigenvalue weighted by Gasteiger charge is 2.22. The molecule has 5 nitrogen and oxygen atoms in total. The SMILES string of the molecule is CC[C@@H](C)n1c(=S)[nH]c(=O)c2c(C(F)F)cc(-c3ccccc3OC)nc21. The summed E-state index contributed by atoms with van der Waals surface area (Å²) in [6, 6.07) is 8.13. The van der Waals surface area contributed by atoms with Gasteiger partial charge in [-0.2, -0.15) is 0 Å². The molecule has 0 saturated carbocycles. The number of hydrogen-bond acceptors (Lipinski definition) is 4. The van der Waals surface area contributed by atoms with Crippen LogP contribution in [0.5, 0.6) is 5.75 Å². The van der Waals surface area contributed by atoms with Gasteiger partial charge in [0.2, 0.25) is 0 Å². The van der Waals surface area contributed by atoms with Gasteiger partial charge < -0.3 is 4.74 Å². The van der Waals surface area contributed by atoms with E-state index in [1.54, 1.807) is 28.8 Å². The summed E-state index contributed by atoms with van der Waals surface area (Å²) in [5.41, 5.74) is -0.0343. The molecule has 0 amide bonds. The monoisotopic (exact) mass is 391 g/mol. The van der Waals surface area contributed by atoms with E-state index in [0.717, 1.165) is 0 Å². The van der Waals surface area contributed by atoms with Crippen LogP contribution in [0.2, 0.25) is 0 Å². The molecule has 0 aliphatic carbocycles. The van der Waals surface area contributed by atoms with Gasteiger partial charge in [-0.15, -0.1) is 0 Å². The van der Waals surface area contributed by atoms with E-state index in [9.17, 15) is 13.6 Å². The van der Waals surface area contributed by atoms with Crippen molar-refractivity contribution >= 4 is 23.3 Å². The zero-order chi connectivity index (χ0) is 19.7. The van der Waals surface area contributed by atoms with Crippen molar-refractivity contribution in [1.29, 1.82) is 0 Å². The fourth-order valence-electron chi connectivity index (χ4n) is 3.03. The molecule has 2 heterocycles. The first-order chi connectivity index (χ1) is 12.9. The molecular weight excluding hydrogens is 372 g/mol. The zero-order valence-corrected chi connectivity index (χ0v) is 15.9. The molecule has 0 spiro atoms. The number of halogens is 2. The Balaban J connectivity index is 2.49. The van der Waals surface area contributed by atoms with E-state index in [1.807, 2.05) is 13.8 Å². The number of nitrogens with zero attached hydrogens (tertiary/aromatic N) is 2. The molecule has 0 aliphatic rings. The molecule has 1 N–H and O–H groups in total. The fourth-order valence-corrected chi connectivity index (χ4v) is 3.39. The summed E-state index contributed by atoms with van der Waals surface area (Å²) < 4.78 is 34.8. The lowest BCUT2D eigenvalue weighted by atomic mass is 10.1. The second-order valence-corrected chi connectivity index (χ2v) is 6.57. The molecule has 3 aromatic rings. The van der Waals surface area contributed by atoms with Crippen LogP contribution < -0.4 is 10.3 Å². The third-order valence-electron chi connectivity index (χ3n) is 4.57. The Bertz CT molecular complexity index is 1110. The average molecular weight is 391 g/mol. The van der Waals surface area contributed by atoms with Crippen molar-refractivity contribution in [2.45, 2.75) is 32.7 Å². The van der Waals surface area contributed by atoms with E-state index in [4.69, 9.17) is 17.0 Å². The van der Waals surface area contributed by atoms with Crippen molar-refractivity contribution in [3.8, 4) is 17.0 Å². The van der Waals surface area contributed by atoms with Crippen molar-refractivity contribution in [3.05, 3.63) is 51.0 Å². The number of ether oxygens (including phenoxy) is 1. The largest absolute Gasteiger partial charge is 0.496 e. The zero-order valence-electron chi connectivity index (χ0n) is 15.1. The summed E-state index contributed by atoms with van der Waals surface area (Å²) in [5, 5.41) is -0.141. The second-order valence-electron chi connectivity index (χ2n) is 6.18. The van der Waals surface area contributed by atoms with Gasteiger partial charge in [0.05, 0.1) is 18.2 Å². The molecule has 0 fully saturated rings. The fraction of sp³-hybridized carbons (Fsp3) is 0.316. The van der Waals surface area contributed by atoms with Crippen LogP contribution in [0.3, 0.4) is 0 Å². The number of alkyl halides is 2. The first-order valence-electron chi connectivity index (χ1n) is 8.50. The van der Waals surface area contributed by atoms with Crippen LogP contribution in [0.4, 0.5) is 8.78 Å². The Morgan fingerprint density at radius 3 is 2.67 bits per heavy atom. The van der Waals surface area contributed by atoms with Crippen LogP contribution >= 0.6 is 12.2 Å². The quantitative estimate of drug-likeness (QED) is 0.619. The van der Waals surface area contributed by atoms with Crippen molar-refractivity contribution in [2.24, 2.45) is 0 Å². The number of fused-ring (bicyclic) bond motifs is 1. The van der Waals surface area contributed by atoms with Gasteiger partial charge in [0.15, 0.2) is 4.77 Å².